The standard InChI is InChI=1S/C23H21N3O5S2/c1-15-4-6-16(7-5-15)14-25(23(29)20-3-2-12-32-20)19-13-21(27)26(22(19)28)17-8-10-18(11-9-17)33(24,30)31/h2-12,19H,13-14H2,1H3,(H2,24,30,31). The first-order chi connectivity index (χ1) is 15.6. The van der Waals surface area contributed by atoms with Crippen molar-refractivity contribution in [3.8, 4) is 0 Å². The van der Waals surface area contributed by atoms with E-state index in [4.69, 9.17) is 5.14 Å². The van der Waals surface area contributed by atoms with Crippen molar-refractivity contribution >= 4 is 44.8 Å². The number of hydrogen-bond acceptors (Lipinski definition) is 6. The van der Waals surface area contributed by atoms with Crippen LogP contribution in [0.25, 0.3) is 0 Å². The predicted octanol–water partition coefficient (Wildman–Crippen LogP) is 2.68. The van der Waals surface area contributed by atoms with Crippen LogP contribution in [0.2, 0.25) is 0 Å². The first-order valence-corrected chi connectivity index (χ1v) is 12.5. The van der Waals surface area contributed by atoms with Crippen LogP contribution in [0.4, 0.5) is 5.69 Å². The van der Waals surface area contributed by atoms with E-state index in [1.54, 1.807) is 17.5 Å². The first kappa shape index (κ1) is 22.8. The third-order valence-corrected chi connectivity index (χ3v) is 7.18. The molecule has 2 N–H and O–H groups in total. The van der Waals surface area contributed by atoms with Crippen molar-refractivity contribution in [3.05, 3.63) is 82.0 Å². The van der Waals surface area contributed by atoms with Crippen LogP contribution in [0.1, 0.15) is 27.2 Å². The summed E-state index contributed by atoms with van der Waals surface area (Å²) in [6, 6.07) is 15.2. The lowest BCUT2D eigenvalue weighted by Gasteiger charge is -2.27. The molecule has 1 atom stereocenters. The average molecular weight is 484 g/mol. The SMILES string of the molecule is Cc1ccc(CN(C(=O)c2cccs2)C2CC(=O)N(c3ccc(S(N)(=O)=O)cc3)C2=O)cc1. The van der Waals surface area contributed by atoms with Gasteiger partial charge in [0.15, 0.2) is 0 Å². The second kappa shape index (κ2) is 8.89. The minimum atomic E-state index is -3.91. The van der Waals surface area contributed by atoms with Gasteiger partial charge in [-0.15, -0.1) is 11.3 Å². The molecule has 2 aromatic carbocycles. The van der Waals surface area contributed by atoms with Crippen LogP contribution in [0.15, 0.2) is 70.9 Å². The van der Waals surface area contributed by atoms with Gasteiger partial charge in [0.05, 0.1) is 21.9 Å². The van der Waals surface area contributed by atoms with Crippen molar-refractivity contribution in [2.75, 3.05) is 4.90 Å². The van der Waals surface area contributed by atoms with Crippen LogP contribution < -0.4 is 10.0 Å². The normalized spacial score (nSPS) is 16.3. The second-order valence-corrected chi connectivity index (χ2v) is 10.2. The number of nitrogens with zero attached hydrogens (tertiary/aromatic N) is 2. The van der Waals surface area contributed by atoms with Gasteiger partial charge in [-0.1, -0.05) is 35.9 Å². The molecule has 0 aliphatic carbocycles. The number of sulfonamides is 1. The number of nitrogens with two attached hydrogens (primary N) is 1. The molecule has 1 aliphatic heterocycles. The Morgan fingerprint density at radius 2 is 1.76 bits per heavy atom. The summed E-state index contributed by atoms with van der Waals surface area (Å²) in [7, 11) is -3.91. The fourth-order valence-corrected chi connectivity index (χ4v) is 4.87. The molecule has 1 unspecified atom stereocenters. The molecule has 3 amide bonds. The first-order valence-electron chi connectivity index (χ1n) is 10.0. The molecule has 0 radical (unpaired) electrons. The van der Waals surface area contributed by atoms with Gasteiger partial charge in [-0.2, -0.15) is 0 Å². The van der Waals surface area contributed by atoms with E-state index in [1.807, 2.05) is 31.2 Å². The Morgan fingerprint density at radius 1 is 1.09 bits per heavy atom. The summed E-state index contributed by atoms with van der Waals surface area (Å²) in [5.74, 6) is -1.34. The summed E-state index contributed by atoms with van der Waals surface area (Å²) in [6.07, 6.45) is -0.168. The Labute approximate surface area is 195 Å². The van der Waals surface area contributed by atoms with Crippen molar-refractivity contribution in [3.63, 3.8) is 0 Å². The molecule has 3 aromatic rings. The van der Waals surface area contributed by atoms with E-state index in [0.717, 1.165) is 16.0 Å². The molecule has 10 heteroatoms. The molecule has 1 aliphatic rings. The van der Waals surface area contributed by atoms with Crippen LogP contribution in [-0.4, -0.2) is 37.1 Å². The smallest absolute Gasteiger partial charge is 0.264 e. The summed E-state index contributed by atoms with van der Waals surface area (Å²) < 4.78 is 23.0. The van der Waals surface area contributed by atoms with Crippen molar-refractivity contribution in [1.82, 2.24) is 4.90 Å². The van der Waals surface area contributed by atoms with Crippen molar-refractivity contribution in [1.29, 1.82) is 0 Å². The van der Waals surface area contributed by atoms with Crippen molar-refractivity contribution in [2.24, 2.45) is 5.14 Å². The van der Waals surface area contributed by atoms with Crippen LogP contribution in [0.5, 0.6) is 0 Å². The zero-order valence-corrected chi connectivity index (χ0v) is 19.3. The number of primary sulfonamides is 1. The minimum Gasteiger partial charge on any atom is -0.321 e. The lowest BCUT2D eigenvalue weighted by Crippen LogP contribution is -2.44. The molecule has 0 spiro atoms. The van der Waals surface area contributed by atoms with Crippen molar-refractivity contribution in [2.45, 2.75) is 30.8 Å². The van der Waals surface area contributed by atoms with E-state index < -0.39 is 27.9 Å². The molecule has 0 saturated carbocycles. The van der Waals surface area contributed by atoms with Crippen LogP contribution in [-0.2, 0) is 26.2 Å². The van der Waals surface area contributed by atoms with Crippen molar-refractivity contribution < 1.29 is 22.8 Å². The van der Waals surface area contributed by atoms with Crippen LogP contribution in [0, 0.1) is 6.92 Å². The number of carbonyl (C=O) groups excluding carboxylic acids is 3. The number of aryl methyl sites for hydroxylation is 1. The fourth-order valence-electron chi connectivity index (χ4n) is 3.67. The summed E-state index contributed by atoms with van der Waals surface area (Å²) in [5.41, 5.74) is 2.12. The second-order valence-electron chi connectivity index (χ2n) is 7.72. The number of benzene rings is 2. The van der Waals surface area contributed by atoms with Gasteiger partial charge in [0, 0.05) is 6.54 Å². The largest absolute Gasteiger partial charge is 0.321 e. The minimum absolute atomic E-state index is 0.129. The van der Waals surface area contributed by atoms with E-state index in [1.165, 1.54) is 40.5 Å². The van der Waals surface area contributed by atoms with Gasteiger partial charge < -0.3 is 4.90 Å². The van der Waals surface area contributed by atoms with E-state index in [0.29, 0.717) is 4.88 Å². The fraction of sp³-hybridized carbons (Fsp3) is 0.174. The topological polar surface area (TPSA) is 118 Å². The summed E-state index contributed by atoms with van der Waals surface area (Å²) in [4.78, 5) is 42.2. The summed E-state index contributed by atoms with van der Waals surface area (Å²) >= 11 is 1.26. The maximum Gasteiger partial charge on any atom is 0.264 e. The molecular formula is C23H21N3O5S2. The zero-order chi connectivity index (χ0) is 23.8. The van der Waals surface area contributed by atoms with Crippen LogP contribution >= 0.6 is 11.3 Å². The molecule has 1 aromatic heterocycles. The Kier molecular flexibility index (Phi) is 6.15. The quantitative estimate of drug-likeness (QED) is 0.541. The lowest BCUT2D eigenvalue weighted by atomic mass is 10.1. The van der Waals surface area contributed by atoms with E-state index in [2.05, 4.69) is 0 Å². The maximum absolute atomic E-state index is 13.3. The highest BCUT2D eigenvalue weighted by atomic mass is 32.2. The van der Waals surface area contributed by atoms with Gasteiger partial charge in [-0.25, -0.2) is 18.5 Å². The lowest BCUT2D eigenvalue weighted by molar-refractivity contribution is -0.122. The molecule has 0 bridgehead atoms. The van der Waals surface area contributed by atoms with E-state index in [-0.39, 0.29) is 29.5 Å². The molecule has 2 heterocycles. The summed E-state index contributed by atoms with van der Waals surface area (Å²) in [5, 5.41) is 6.90. The molecule has 8 nitrogen and oxygen atoms in total. The summed E-state index contributed by atoms with van der Waals surface area (Å²) in [6.45, 7) is 2.12. The molecule has 4 rings (SSSR count). The van der Waals surface area contributed by atoms with E-state index in [9.17, 15) is 22.8 Å². The number of thiophene rings is 1. The van der Waals surface area contributed by atoms with Crippen LogP contribution in [0.3, 0.4) is 0 Å². The number of amides is 3. The van der Waals surface area contributed by atoms with Gasteiger partial charge in [-0.3, -0.25) is 14.4 Å². The highest BCUT2D eigenvalue weighted by Crippen LogP contribution is 2.29. The Morgan fingerprint density at radius 3 is 2.33 bits per heavy atom. The van der Waals surface area contributed by atoms with E-state index >= 15 is 0 Å². The molecule has 170 valence electrons. The Balaban J connectivity index is 1.65. The number of anilines is 1. The molecule has 1 saturated heterocycles. The third-order valence-electron chi connectivity index (χ3n) is 5.39. The molecular weight excluding hydrogens is 462 g/mol. The number of hydrogen-bond donors (Lipinski definition) is 1. The number of rotatable bonds is 6. The van der Waals surface area contributed by atoms with Gasteiger partial charge >= 0.3 is 0 Å². The Hall–Kier alpha value is -3.34. The maximum atomic E-state index is 13.3. The number of imide groups is 1. The van der Waals surface area contributed by atoms with Gasteiger partial charge in [0.25, 0.3) is 11.8 Å². The zero-order valence-electron chi connectivity index (χ0n) is 17.7. The average Bonchev–Trinajstić information content (AvgIpc) is 3.41. The Bertz CT molecular complexity index is 1300. The monoisotopic (exact) mass is 483 g/mol. The third kappa shape index (κ3) is 4.72. The van der Waals surface area contributed by atoms with Gasteiger partial charge in [0.2, 0.25) is 15.9 Å². The molecule has 33 heavy (non-hydrogen) atoms. The predicted molar refractivity (Wildman–Crippen MR) is 124 cm³/mol. The highest BCUT2D eigenvalue weighted by Gasteiger charge is 2.44. The van der Waals surface area contributed by atoms with Gasteiger partial charge in [-0.05, 0) is 48.2 Å². The number of carbonyl (C=O) groups is 3. The van der Waals surface area contributed by atoms with Gasteiger partial charge in [0.1, 0.15) is 6.04 Å². The molecule has 1 fully saturated rings. The highest BCUT2D eigenvalue weighted by molar-refractivity contribution is 7.89.